The van der Waals surface area contributed by atoms with Crippen LogP contribution in [0.1, 0.15) is 12.5 Å². The molecule has 1 nitrogen and oxygen atoms in total. The summed E-state index contributed by atoms with van der Waals surface area (Å²) in [7, 11) is 0. The highest BCUT2D eigenvalue weighted by atomic mass is 79.9. The van der Waals surface area contributed by atoms with Crippen molar-refractivity contribution in [1.82, 2.24) is 0 Å². The van der Waals surface area contributed by atoms with Gasteiger partial charge in [0.25, 0.3) is 0 Å². The Bertz CT molecular complexity index is 368. The van der Waals surface area contributed by atoms with Gasteiger partial charge in [-0.25, -0.2) is 0 Å². The minimum atomic E-state index is -4.36. The van der Waals surface area contributed by atoms with E-state index in [0.29, 0.717) is 12.4 Å². The molecule has 5 heteroatoms. The minimum Gasteiger partial charge on any atom is -0.494 e. The summed E-state index contributed by atoms with van der Waals surface area (Å²) in [6.45, 7) is 2.30. The van der Waals surface area contributed by atoms with Crippen molar-refractivity contribution in [2.24, 2.45) is 0 Å². The summed E-state index contributed by atoms with van der Waals surface area (Å²) >= 11 is 2.72. The van der Waals surface area contributed by atoms with Gasteiger partial charge < -0.3 is 4.74 Å². The first-order valence-electron chi connectivity index (χ1n) is 4.60. The van der Waals surface area contributed by atoms with Crippen molar-refractivity contribution in [3.05, 3.63) is 34.8 Å². The lowest BCUT2D eigenvalue weighted by Gasteiger charge is -2.11. The van der Waals surface area contributed by atoms with Crippen molar-refractivity contribution in [3.63, 3.8) is 0 Å². The fraction of sp³-hybridized carbons (Fsp3) is 0.273. The van der Waals surface area contributed by atoms with Crippen LogP contribution in [0.3, 0.4) is 0 Å². The first kappa shape index (κ1) is 13.1. The Balaban J connectivity index is 2.97. The Kier molecular flexibility index (Phi) is 4.41. The summed E-state index contributed by atoms with van der Waals surface area (Å²) in [5.74, 6) is 0.558. The van der Waals surface area contributed by atoms with Gasteiger partial charge in [0, 0.05) is 0 Å². The van der Waals surface area contributed by atoms with E-state index in [9.17, 15) is 13.2 Å². The van der Waals surface area contributed by atoms with Crippen LogP contribution in [0, 0.1) is 0 Å². The molecule has 0 radical (unpaired) electrons. The van der Waals surface area contributed by atoms with Gasteiger partial charge in [0.15, 0.2) is 0 Å². The fourth-order valence-electron chi connectivity index (χ4n) is 1.19. The van der Waals surface area contributed by atoms with E-state index in [2.05, 4.69) is 15.9 Å². The first-order valence-corrected chi connectivity index (χ1v) is 5.51. The molecule has 1 aromatic carbocycles. The van der Waals surface area contributed by atoms with Gasteiger partial charge in [-0.1, -0.05) is 28.1 Å². The SMILES string of the molecule is CCOc1ccc(/C(=C/Br)C(F)(F)F)cc1. The summed E-state index contributed by atoms with van der Waals surface area (Å²) in [5, 5.41) is 0. The Morgan fingerprint density at radius 1 is 1.31 bits per heavy atom. The number of hydrogen-bond acceptors (Lipinski definition) is 1. The van der Waals surface area contributed by atoms with E-state index in [1.807, 2.05) is 6.92 Å². The van der Waals surface area contributed by atoms with Crippen molar-refractivity contribution >= 4 is 21.5 Å². The summed E-state index contributed by atoms with van der Waals surface area (Å²) in [6.07, 6.45) is -4.36. The Morgan fingerprint density at radius 2 is 1.88 bits per heavy atom. The Hall–Kier alpha value is -0.970. The van der Waals surface area contributed by atoms with E-state index in [0.717, 1.165) is 4.99 Å². The molecule has 0 aliphatic carbocycles. The maximum absolute atomic E-state index is 12.5. The average Bonchev–Trinajstić information content (AvgIpc) is 2.20. The molecule has 0 fully saturated rings. The van der Waals surface area contributed by atoms with Crippen molar-refractivity contribution in [2.75, 3.05) is 6.61 Å². The normalized spacial score (nSPS) is 12.7. The highest BCUT2D eigenvalue weighted by Gasteiger charge is 2.34. The number of benzene rings is 1. The second-order valence-electron chi connectivity index (χ2n) is 2.98. The van der Waals surface area contributed by atoms with Crippen LogP contribution < -0.4 is 4.74 Å². The number of alkyl halides is 3. The zero-order chi connectivity index (χ0) is 12.2. The third-order valence-corrected chi connectivity index (χ3v) is 2.35. The quantitative estimate of drug-likeness (QED) is 0.804. The van der Waals surface area contributed by atoms with Gasteiger partial charge in [0.05, 0.1) is 12.2 Å². The highest BCUT2D eigenvalue weighted by Crippen LogP contribution is 2.35. The molecule has 0 N–H and O–H groups in total. The van der Waals surface area contributed by atoms with Gasteiger partial charge in [-0.2, -0.15) is 13.2 Å². The summed E-state index contributed by atoms with van der Waals surface area (Å²) in [6, 6.07) is 5.79. The van der Waals surface area contributed by atoms with E-state index in [4.69, 9.17) is 4.74 Å². The Labute approximate surface area is 100 Å². The Morgan fingerprint density at radius 3 is 2.25 bits per heavy atom. The lowest BCUT2D eigenvalue weighted by molar-refractivity contribution is -0.0687. The van der Waals surface area contributed by atoms with E-state index in [-0.39, 0.29) is 5.56 Å². The van der Waals surface area contributed by atoms with Gasteiger partial charge in [-0.05, 0) is 29.6 Å². The van der Waals surface area contributed by atoms with Crippen LogP contribution >= 0.6 is 15.9 Å². The number of hydrogen-bond donors (Lipinski definition) is 0. The first-order chi connectivity index (χ1) is 7.49. The average molecular weight is 295 g/mol. The van der Waals surface area contributed by atoms with Crippen LogP contribution in [-0.4, -0.2) is 12.8 Å². The molecule has 0 spiro atoms. The molecule has 1 rings (SSSR count). The van der Waals surface area contributed by atoms with Crippen molar-refractivity contribution < 1.29 is 17.9 Å². The molecular formula is C11H10BrF3O. The van der Waals surface area contributed by atoms with Crippen LogP contribution in [0.2, 0.25) is 0 Å². The van der Waals surface area contributed by atoms with Crippen molar-refractivity contribution in [3.8, 4) is 5.75 Å². The smallest absolute Gasteiger partial charge is 0.417 e. The lowest BCUT2D eigenvalue weighted by atomic mass is 10.1. The van der Waals surface area contributed by atoms with Gasteiger partial charge in [0.1, 0.15) is 5.75 Å². The van der Waals surface area contributed by atoms with Gasteiger partial charge >= 0.3 is 6.18 Å². The van der Waals surface area contributed by atoms with E-state index in [1.54, 1.807) is 0 Å². The molecule has 0 bridgehead atoms. The molecule has 0 aliphatic rings. The number of rotatable bonds is 3. The van der Waals surface area contributed by atoms with Crippen LogP contribution in [0.15, 0.2) is 29.3 Å². The van der Waals surface area contributed by atoms with Crippen LogP contribution in [0.25, 0.3) is 5.57 Å². The number of halogens is 4. The molecule has 0 aromatic heterocycles. The maximum atomic E-state index is 12.5. The maximum Gasteiger partial charge on any atom is 0.417 e. The molecule has 0 saturated heterocycles. The van der Waals surface area contributed by atoms with E-state index >= 15 is 0 Å². The number of ether oxygens (including phenoxy) is 1. The molecule has 0 atom stereocenters. The summed E-state index contributed by atoms with van der Waals surface area (Å²) in [5.41, 5.74) is -0.608. The minimum absolute atomic E-state index is 0.104. The number of allylic oxidation sites excluding steroid dienone is 1. The van der Waals surface area contributed by atoms with Crippen LogP contribution in [-0.2, 0) is 0 Å². The van der Waals surface area contributed by atoms with Crippen LogP contribution in [0.4, 0.5) is 13.2 Å². The molecule has 1 aromatic rings. The predicted molar refractivity (Wildman–Crippen MR) is 60.6 cm³/mol. The summed E-state index contributed by atoms with van der Waals surface area (Å²) < 4.78 is 42.7. The molecule has 0 unspecified atom stereocenters. The molecule has 88 valence electrons. The molecule has 0 saturated carbocycles. The fourth-order valence-corrected chi connectivity index (χ4v) is 1.71. The molecule has 0 amide bonds. The predicted octanol–water partition coefficient (Wildman–Crippen LogP) is 4.38. The molecule has 0 aliphatic heterocycles. The zero-order valence-corrected chi connectivity index (χ0v) is 10.1. The second kappa shape index (κ2) is 5.39. The third-order valence-electron chi connectivity index (χ3n) is 1.89. The highest BCUT2D eigenvalue weighted by molar-refractivity contribution is 9.11. The molecular weight excluding hydrogens is 285 g/mol. The second-order valence-corrected chi connectivity index (χ2v) is 3.44. The van der Waals surface area contributed by atoms with E-state index < -0.39 is 11.7 Å². The third kappa shape index (κ3) is 3.27. The monoisotopic (exact) mass is 294 g/mol. The largest absolute Gasteiger partial charge is 0.494 e. The zero-order valence-electron chi connectivity index (χ0n) is 8.51. The van der Waals surface area contributed by atoms with E-state index in [1.165, 1.54) is 24.3 Å². The molecule has 16 heavy (non-hydrogen) atoms. The van der Waals surface area contributed by atoms with Gasteiger partial charge in [0.2, 0.25) is 0 Å². The standard InChI is InChI=1S/C11H10BrF3O/c1-2-16-9-5-3-8(4-6-9)10(7-12)11(13,14)15/h3-7H,2H2,1H3/b10-7-. The van der Waals surface area contributed by atoms with Gasteiger partial charge in [-0.15, -0.1) is 0 Å². The van der Waals surface area contributed by atoms with Crippen LogP contribution in [0.5, 0.6) is 5.75 Å². The topological polar surface area (TPSA) is 9.23 Å². The lowest BCUT2D eigenvalue weighted by Crippen LogP contribution is -2.10. The summed E-state index contributed by atoms with van der Waals surface area (Å²) in [4.78, 5) is 0.878. The van der Waals surface area contributed by atoms with Crippen molar-refractivity contribution in [2.45, 2.75) is 13.1 Å². The molecule has 0 heterocycles. The van der Waals surface area contributed by atoms with Gasteiger partial charge in [-0.3, -0.25) is 0 Å². The van der Waals surface area contributed by atoms with Crippen molar-refractivity contribution in [1.29, 1.82) is 0 Å².